The number of rotatable bonds is 6. The van der Waals surface area contributed by atoms with E-state index in [1.807, 2.05) is 0 Å². The second-order valence-corrected chi connectivity index (χ2v) is 11.7. The zero-order valence-electron chi connectivity index (χ0n) is 16.4. The highest BCUT2D eigenvalue weighted by Crippen LogP contribution is 2.51. The molecule has 0 N–H and O–H groups in total. The summed E-state index contributed by atoms with van der Waals surface area (Å²) in [5, 5.41) is 0. The Hall–Kier alpha value is 0.0969. The monoisotopic (exact) mass is 353 g/mol. The van der Waals surface area contributed by atoms with Gasteiger partial charge in [-0.2, -0.15) is 0 Å². The van der Waals surface area contributed by atoms with E-state index in [4.69, 9.17) is 8.85 Å². The van der Waals surface area contributed by atoms with Crippen LogP contribution in [0.15, 0.2) is 0 Å². The summed E-state index contributed by atoms with van der Waals surface area (Å²) >= 11 is 0. The highest BCUT2D eigenvalue weighted by molar-refractivity contribution is 6.66. The molecule has 1 aliphatic heterocycles. The summed E-state index contributed by atoms with van der Waals surface area (Å²) in [5.41, 5.74) is 0.666. The molecule has 3 fully saturated rings. The van der Waals surface area contributed by atoms with Gasteiger partial charge < -0.3 is 8.85 Å². The molecule has 24 heavy (non-hydrogen) atoms. The minimum absolute atomic E-state index is 0.619. The van der Waals surface area contributed by atoms with Crippen LogP contribution < -0.4 is 0 Å². The number of fused-ring (bicyclic) bond motifs is 1. The van der Waals surface area contributed by atoms with Crippen molar-refractivity contribution in [2.75, 3.05) is 13.2 Å². The van der Waals surface area contributed by atoms with Crippen molar-refractivity contribution in [3.8, 4) is 0 Å². The first-order valence-corrected chi connectivity index (χ1v) is 12.5. The van der Waals surface area contributed by atoms with E-state index >= 15 is 0 Å². The SMILES string of the molecule is CCO[Si](OCC)(C1CCC2CCCCC2C1)N1C(C)CCC1C. The van der Waals surface area contributed by atoms with Gasteiger partial charge in [-0.15, -0.1) is 0 Å². The topological polar surface area (TPSA) is 21.7 Å². The summed E-state index contributed by atoms with van der Waals surface area (Å²) in [6.07, 6.45) is 12.6. The van der Waals surface area contributed by atoms with Crippen LogP contribution in [0.25, 0.3) is 0 Å². The van der Waals surface area contributed by atoms with E-state index in [1.54, 1.807) is 0 Å². The maximum atomic E-state index is 6.66. The molecule has 5 atom stereocenters. The lowest BCUT2D eigenvalue weighted by Crippen LogP contribution is -2.65. The highest BCUT2D eigenvalue weighted by Gasteiger charge is 2.57. The van der Waals surface area contributed by atoms with Gasteiger partial charge in [0.25, 0.3) is 0 Å². The third kappa shape index (κ3) is 3.49. The summed E-state index contributed by atoms with van der Waals surface area (Å²) in [7, 11) is -2.33. The van der Waals surface area contributed by atoms with Crippen molar-refractivity contribution < 1.29 is 8.85 Å². The average Bonchev–Trinajstić information content (AvgIpc) is 2.93. The van der Waals surface area contributed by atoms with Crippen molar-refractivity contribution in [3.05, 3.63) is 0 Å². The van der Waals surface area contributed by atoms with Crippen LogP contribution in [-0.4, -0.2) is 38.6 Å². The Balaban J connectivity index is 1.86. The van der Waals surface area contributed by atoms with Crippen LogP contribution in [0.4, 0.5) is 0 Å². The Morgan fingerprint density at radius 2 is 1.38 bits per heavy atom. The molecule has 2 saturated carbocycles. The van der Waals surface area contributed by atoms with Crippen molar-refractivity contribution in [2.45, 2.75) is 103 Å². The normalized spacial score (nSPS) is 38.2. The fourth-order valence-electron chi connectivity index (χ4n) is 6.06. The van der Waals surface area contributed by atoms with Gasteiger partial charge in [0.05, 0.1) is 0 Å². The lowest BCUT2D eigenvalue weighted by Gasteiger charge is -2.50. The van der Waals surface area contributed by atoms with Crippen molar-refractivity contribution >= 4 is 8.72 Å². The Kier molecular flexibility index (Phi) is 6.44. The quantitative estimate of drug-likeness (QED) is 0.610. The molecule has 4 heteroatoms. The molecular weight excluding hydrogens is 314 g/mol. The zero-order valence-corrected chi connectivity index (χ0v) is 17.4. The Morgan fingerprint density at radius 3 is 1.96 bits per heavy atom. The van der Waals surface area contributed by atoms with Gasteiger partial charge in [-0.05, 0) is 71.6 Å². The van der Waals surface area contributed by atoms with Crippen LogP contribution in [0.3, 0.4) is 0 Å². The molecule has 3 rings (SSSR count). The van der Waals surface area contributed by atoms with E-state index in [2.05, 4.69) is 32.3 Å². The number of hydrogen-bond donors (Lipinski definition) is 0. The molecule has 0 bridgehead atoms. The van der Waals surface area contributed by atoms with E-state index < -0.39 is 8.72 Å². The molecule has 0 amide bonds. The highest BCUT2D eigenvalue weighted by atomic mass is 28.4. The molecule has 5 unspecified atom stereocenters. The average molecular weight is 354 g/mol. The Morgan fingerprint density at radius 1 is 0.792 bits per heavy atom. The lowest BCUT2D eigenvalue weighted by atomic mass is 9.71. The molecule has 0 aromatic heterocycles. The third-order valence-electron chi connectivity index (χ3n) is 7.07. The van der Waals surface area contributed by atoms with E-state index in [0.29, 0.717) is 17.6 Å². The molecule has 0 aromatic carbocycles. The molecule has 0 aromatic rings. The fraction of sp³-hybridized carbons (Fsp3) is 1.00. The molecule has 0 radical (unpaired) electrons. The smallest absolute Gasteiger partial charge is 0.383 e. The molecule has 3 aliphatic rings. The van der Waals surface area contributed by atoms with E-state index in [-0.39, 0.29) is 0 Å². The van der Waals surface area contributed by atoms with E-state index in [1.165, 1.54) is 57.8 Å². The number of hydrogen-bond acceptors (Lipinski definition) is 3. The van der Waals surface area contributed by atoms with E-state index in [9.17, 15) is 0 Å². The summed E-state index contributed by atoms with van der Waals surface area (Å²) < 4.78 is 16.1. The summed E-state index contributed by atoms with van der Waals surface area (Å²) in [6.45, 7) is 10.7. The molecule has 140 valence electrons. The van der Waals surface area contributed by atoms with Gasteiger partial charge in [-0.25, -0.2) is 0 Å². The Labute approximate surface area is 150 Å². The van der Waals surface area contributed by atoms with Crippen molar-refractivity contribution in [2.24, 2.45) is 11.8 Å². The van der Waals surface area contributed by atoms with Crippen LogP contribution in [0.2, 0.25) is 5.54 Å². The second kappa shape index (κ2) is 8.19. The minimum atomic E-state index is -2.33. The standard InChI is InChI=1S/C20H39NO2Si/c1-5-22-24(23-6-2,21-16(3)11-12-17(21)4)20-14-13-18-9-7-8-10-19(18)15-20/h16-20H,5-15H2,1-4H3. The lowest BCUT2D eigenvalue weighted by molar-refractivity contribution is 0.0713. The first-order valence-electron chi connectivity index (χ1n) is 10.7. The van der Waals surface area contributed by atoms with Crippen molar-refractivity contribution in [1.82, 2.24) is 4.57 Å². The van der Waals surface area contributed by atoms with Gasteiger partial charge >= 0.3 is 8.72 Å². The maximum absolute atomic E-state index is 6.66. The van der Waals surface area contributed by atoms with Crippen LogP contribution in [0, 0.1) is 11.8 Å². The van der Waals surface area contributed by atoms with Crippen molar-refractivity contribution in [1.29, 1.82) is 0 Å². The number of nitrogens with zero attached hydrogens (tertiary/aromatic N) is 1. The molecular formula is C20H39NO2Si. The second-order valence-electron chi connectivity index (χ2n) is 8.49. The zero-order chi connectivity index (χ0) is 17.2. The molecule has 1 heterocycles. The van der Waals surface area contributed by atoms with Crippen LogP contribution in [0.1, 0.15) is 85.5 Å². The molecule has 1 saturated heterocycles. The van der Waals surface area contributed by atoms with Gasteiger partial charge in [-0.3, -0.25) is 4.57 Å². The van der Waals surface area contributed by atoms with Gasteiger partial charge in [-0.1, -0.05) is 25.7 Å². The summed E-state index contributed by atoms with van der Waals surface area (Å²) in [6, 6.07) is 1.24. The van der Waals surface area contributed by atoms with Crippen LogP contribution in [0.5, 0.6) is 0 Å². The predicted octanol–water partition coefficient (Wildman–Crippen LogP) is 5.23. The predicted molar refractivity (Wildman–Crippen MR) is 102 cm³/mol. The molecule has 3 nitrogen and oxygen atoms in total. The van der Waals surface area contributed by atoms with Gasteiger partial charge in [0.2, 0.25) is 0 Å². The van der Waals surface area contributed by atoms with Gasteiger partial charge in [0.15, 0.2) is 0 Å². The fourth-order valence-corrected chi connectivity index (χ4v) is 10.8. The summed E-state index contributed by atoms with van der Waals surface area (Å²) in [4.78, 5) is 0. The summed E-state index contributed by atoms with van der Waals surface area (Å²) in [5.74, 6) is 1.94. The van der Waals surface area contributed by atoms with Crippen LogP contribution in [-0.2, 0) is 8.85 Å². The first-order chi connectivity index (χ1) is 11.6. The Bertz CT molecular complexity index is 389. The molecule has 0 spiro atoms. The van der Waals surface area contributed by atoms with Crippen LogP contribution >= 0.6 is 0 Å². The molecule has 2 aliphatic carbocycles. The first kappa shape index (κ1) is 18.9. The minimum Gasteiger partial charge on any atom is -0.383 e. The third-order valence-corrected chi connectivity index (χ3v) is 11.6. The van der Waals surface area contributed by atoms with Gasteiger partial charge in [0.1, 0.15) is 0 Å². The van der Waals surface area contributed by atoms with Crippen molar-refractivity contribution in [3.63, 3.8) is 0 Å². The van der Waals surface area contributed by atoms with E-state index in [0.717, 1.165) is 25.0 Å². The largest absolute Gasteiger partial charge is 0.431 e. The van der Waals surface area contributed by atoms with Gasteiger partial charge in [0, 0.05) is 30.8 Å². The maximum Gasteiger partial charge on any atom is 0.431 e.